The molecule has 3 N–H and O–H groups in total. The molecule has 28 heavy (non-hydrogen) atoms. The summed E-state index contributed by atoms with van der Waals surface area (Å²) in [7, 11) is 6.47. The molecule has 0 aliphatic heterocycles. The number of guanidine groups is 1. The number of benzene rings is 1. The largest absolute Gasteiger partial charge is 0.493 e. The molecule has 1 amide bonds. The van der Waals surface area contributed by atoms with E-state index in [1.54, 1.807) is 28.4 Å². The highest BCUT2D eigenvalue weighted by Crippen LogP contribution is 2.38. The molecule has 1 saturated carbocycles. The normalized spacial score (nSPS) is 13.2. The Kier molecular flexibility index (Phi) is 10.8. The molecule has 0 radical (unpaired) electrons. The first-order valence-electron chi connectivity index (χ1n) is 9.14. The summed E-state index contributed by atoms with van der Waals surface area (Å²) >= 11 is 0. The van der Waals surface area contributed by atoms with Crippen molar-refractivity contribution in [3.8, 4) is 17.2 Å². The van der Waals surface area contributed by atoms with E-state index in [-0.39, 0.29) is 29.9 Å². The monoisotopic (exact) mass is 506 g/mol. The molecule has 2 rings (SSSR count). The Labute approximate surface area is 183 Å². The van der Waals surface area contributed by atoms with Crippen molar-refractivity contribution >= 4 is 35.8 Å². The summed E-state index contributed by atoms with van der Waals surface area (Å²) in [5.41, 5.74) is 0.969. The van der Waals surface area contributed by atoms with Crippen LogP contribution < -0.4 is 30.2 Å². The number of rotatable bonds is 10. The van der Waals surface area contributed by atoms with Gasteiger partial charge in [-0.05, 0) is 37.0 Å². The maximum Gasteiger partial charge on any atom is 0.220 e. The van der Waals surface area contributed by atoms with Crippen LogP contribution in [0.1, 0.15) is 31.2 Å². The lowest BCUT2D eigenvalue weighted by Gasteiger charge is -2.16. The average Bonchev–Trinajstić information content (AvgIpc) is 3.50. The highest BCUT2D eigenvalue weighted by molar-refractivity contribution is 14.0. The fraction of sp³-hybridized carbons (Fsp3) is 0.579. The average molecular weight is 506 g/mol. The number of amides is 1. The van der Waals surface area contributed by atoms with Gasteiger partial charge in [0, 0.05) is 32.6 Å². The van der Waals surface area contributed by atoms with Gasteiger partial charge in [-0.3, -0.25) is 9.79 Å². The molecule has 1 aromatic carbocycles. The molecule has 0 aromatic heterocycles. The third-order valence-electron chi connectivity index (χ3n) is 4.22. The standard InChI is InChI=1S/C19H30N4O4.HI/c1-20-19(21-9-5-6-17(24)23-14-7-8-14)22-12-13-10-15(25-2)18(27-4)16(11-13)26-3;/h10-11,14H,5-9,12H2,1-4H3,(H,23,24)(H2,20,21,22);1H. The molecule has 1 aliphatic rings. The van der Waals surface area contributed by atoms with Gasteiger partial charge < -0.3 is 30.2 Å². The van der Waals surface area contributed by atoms with E-state index in [2.05, 4.69) is 20.9 Å². The zero-order valence-corrected chi connectivity index (χ0v) is 19.3. The highest BCUT2D eigenvalue weighted by Gasteiger charge is 2.22. The first-order chi connectivity index (χ1) is 13.1. The first-order valence-corrected chi connectivity index (χ1v) is 9.14. The highest BCUT2D eigenvalue weighted by atomic mass is 127. The van der Waals surface area contributed by atoms with Crippen molar-refractivity contribution in [2.24, 2.45) is 4.99 Å². The molecular weight excluding hydrogens is 475 g/mol. The molecule has 1 aromatic rings. The van der Waals surface area contributed by atoms with E-state index >= 15 is 0 Å². The topological polar surface area (TPSA) is 93.2 Å². The van der Waals surface area contributed by atoms with Crippen molar-refractivity contribution in [1.29, 1.82) is 0 Å². The molecule has 158 valence electrons. The SMILES string of the molecule is CN=C(NCCCC(=O)NC1CC1)NCc1cc(OC)c(OC)c(OC)c1.I. The van der Waals surface area contributed by atoms with E-state index in [9.17, 15) is 4.79 Å². The third kappa shape index (κ3) is 7.61. The molecule has 0 atom stereocenters. The number of ether oxygens (including phenoxy) is 3. The van der Waals surface area contributed by atoms with E-state index < -0.39 is 0 Å². The number of halogens is 1. The molecule has 0 unspecified atom stereocenters. The number of aliphatic imine (C=N–C) groups is 1. The number of nitrogens with one attached hydrogen (secondary N) is 3. The number of carbonyl (C=O) groups is 1. The van der Waals surface area contributed by atoms with E-state index in [4.69, 9.17) is 14.2 Å². The van der Waals surface area contributed by atoms with Crippen LogP contribution in [0, 0.1) is 0 Å². The van der Waals surface area contributed by atoms with Crippen LogP contribution in [0.3, 0.4) is 0 Å². The van der Waals surface area contributed by atoms with Crippen LogP contribution in [-0.2, 0) is 11.3 Å². The van der Waals surface area contributed by atoms with Crippen LogP contribution in [0.25, 0.3) is 0 Å². The minimum atomic E-state index is 0. The maximum absolute atomic E-state index is 11.7. The lowest BCUT2D eigenvalue weighted by molar-refractivity contribution is -0.121. The minimum Gasteiger partial charge on any atom is -0.493 e. The van der Waals surface area contributed by atoms with E-state index in [1.807, 2.05) is 12.1 Å². The van der Waals surface area contributed by atoms with Crippen molar-refractivity contribution in [3.63, 3.8) is 0 Å². The molecule has 1 aliphatic carbocycles. The quantitative estimate of drug-likeness (QED) is 0.195. The van der Waals surface area contributed by atoms with Crippen LogP contribution in [0.5, 0.6) is 17.2 Å². The molecule has 9 heteroatoms. The van der Waals surface area contributed by atoms with Crippen LogP contribution in [0.4, 0.5) is 0 Å². The Hall–Kier alpha value is -1.91. The van der Waals surface area contributed by atoms with Gasteiger partial charge in [0.25, 0.3) is 0 Å². The smallest absolute Gasteiger partial charge is 0.220 e. The van der Waals surface area contributed by atoms with Gasteiger partial charge in [0.1, 0.15) is 0 Å². The first kappa shape index (κ1) is 24.1. The minimum absolute atomic E-state index is 0. The number of methoxy groups -OCH3 is 3. The van der Waals surface area contributed by atoms with Gasteiger partial charge >= 0.3 is 0 Å². The second-order valence-electron chi connectivity index (χ2n) is 6.33. The Morgan fingerprint density at radius 3 is 2.25 bits per heavy atom. The van der Waals surface area contributed by atoms with Gasteiger partial charge in [0.05, 0.1) is 21.3 Å². The lowest BCUT2D eigenvalue weighted by atomic mass is 10.2. The van der Waals surface area contributed by atoms with Crippen LogP contribution in [0.15, 0.2) is 17.1 Å². The van der Waals surface area contributed by atoms with E-state index in [0.29, 0.717) is 48.8 Å². The Bertz CT molecular complexity index is 640. The molecule has 0 saturated heterocycles. The zero-order chi connectivity index (χ0) is 19.6. The van der Waals surface area contributed by atoms with Crippen molar-refractivity contribution < 1.29 is 19.0 Å². The third-order valence-corrected chi connectivity index (χ3v) is 4.22. The van der Waals surface area contributed by atoms with Crippen molar-refractivity contribution in [3.05, 3.63) is 17.7 Å². The van der Waals surface area contributed by atoms with E-state index in [0.717, 1.165) is 24.8 Å². The summed E-state index contributed by atoms with van der Waals surface area (Å²) in [4.78, 5) is 15.9. The number of hydrogen-bond donors (Lipinski definition) is 3. The van der Waals surface area contributed by atoms with Crippen molar-refractivity contribution in [2.45, 2.75) is 38.3 Å². The lowest BCUT2D eigenvalue weighted by Crippen LogP contribution is -2.37. The second-order valence-corrected chi connectivity index (χ2v) is 6.33. The summed E-state index contributed by atoms with van der Waals surface area (Å²) in [6, 6.07) is 4.20. The van der Waals surface area contributed by atoms with Crippen LogP contribution in [-0.4, -0.2) is 52.8 Å². The van der Waals surface area contributed by atoms with Gasteiger partial charge in [-0.1, -0.05) is 0 Å². The van der Waals surface area contributed by atoms with Crippen molar-refractivity contribution in [1.82, 2.24) is 16.0 Å². The number of carbonyl (C=O) groups excluding carboxylic acids is 1. The maximum atomic E-state index is 11.7. The van der Waals surface area contributed by atoms with E-state index in [1.165, 1.54) is 0 Å². The number of nitrogens with zero attached hydrogens (tertiary/aromatic N) is 1. The van der Waals surface area contributed by atoms with Gasteiger partial charge in [0.2, 0.25) is 11.7 Å². The van der Waals surface area contributed by atoms with Crippen molar-refractivity contribution in [2.75, 3.05) is 34.9 Å². The Balaban J connectivity index is 0.00000392. The number of hydrogen-bond acceptors (Lipinski definition) is 5. The molecule has 0 spiro atoms. The second kappa shape index (κ2) is 12.5. The summed E-state index contributed by atoms with van der Waals surface area (Å²) in [6.07, 6.45) is 3.50. The van der Waals surface area contributed by atoms with Gasteiger partial charge in [-0.2, -0.15) is 0 Å². The molecular formula is C19H31IN4O4. The van der Waals surface area contributed by atoms with Gasteiger partial charge in [-0.15, -0.1) is 24.0 Å². The Morgan fingerprint density at radius 1 is 1.11 bits per heavy atom. The molecule has 0 heterocycles. The predicted octanol–water partition coefficient (Wildman–Crippen LogP) is 2.05. The summed E-state index contributed by atoms with van der Waals surface area (Å²) in [6.45, 7) is 1.21. The Morgan fingerprint density at radius 2 is 1.75 bits per heavy atom. The van der Waals surface area contributed by atoms with Crippen LogP contribution >= 0.6 is 24.0 Å². The summed E-state index contributed by atoms with van der Waals surface area (Å²) in [5.74, 6) is 2.58. The van der Waals surface area contributed by atoms with Gasteiger partial charge in [-0.25, -0.2) is 0 Å². The summed E-state index contributed by atoms with van der Waals surface area (Å²) < 4.78 is 16.1. The molecule has 8 nitrogen and oxygen atoms in total. The zero-order valence-electron chi connectivity index (χ0n) is 17.0. The predicted molar refractivity (Wildman–Crippen MR) is 120 cm³/mol. The molecule has 1 fully saturated rings. The fourth-order valence-corrected chi connectivity index (χ4v) is 2.63. The van der Waals surface area contributed by atoms with Crippen LogP contribution in [0.2, 0.25) is 0 Å². The fourth-order valence-electron chi connectivity index (χ4n) is 2.63. The summed E-state index contributed by atoms with van der Waals surface area (Å²) in [5, 5.41) is 9.45. The van der Waals surface area contributed by atoms with Gasteiger partial charge in [0.15, 0.2) is 17.5 Å². The molecule has 0 bridgehead atoms.